The summed E-state index contributed by atoms with van der Waals surface area (Å²) in [7, 11) is 0. The molecule has 1 aliphatic rings. The second-order valence-corrected chi connectivity index (χ2v) is 8.71. The van der Waals surface area contributed by atoms with Gasteiger partial charge in [0, 0.05) is 0 Å². The molecule has 36 heavy (non-hydrogen) atoms. The van der Waals surface area contributed by atoms with Gasteiger partial charge in [0.05, 0.1) is 36.4 Å². The number of nitrogens with two attached hydrogens (primary N) is 1. The Balaban J connectivity index is 1.84. The highest BCUT2D eigenvalue weighted by molar-refractivity contribution is 7.80. The number of thiocarbonyl (C=S) groups is 1. The van der Waals surface area contributed by atoms with Crippen LogP contribution < -0.4 is 16.6 Å². The highest BCUT2D eigenvalue weighted by Crippen LogP contribution is 2.38. The summed E-state index contributed by atoms with van der Waals surface area (Å²) in [6, 6.07) is 9.93. The van der Waals surface area contributed by atoms with Crippen molar-refractivity contribution < 1.29 is 35.9 Å². The normalized spacial score (nSPS) is 19.1. The summed E-state index contributed by atoms with van der Waals surface area (Å²) in [4.78, 5) is 14.2. The van der Waals surface area contributed by atoms with Gasteiger partial charge in [-0.3, -0.25) is 20.5 Å². The SMILES string of the molecule is NC(=S)NNC(=O)CN1CCC[C@H](OCc2cc(C(F)(F)F)cc(C(F)(F)F)c2)[C@@H]1c1ccccc1. The number of carbonyl (C=O) groups is 1. The zero-order valence-electron chi connectivity index (χ0n) is 18.8. The van der Waals surface area contributed by atoms with Crippen LogP contribution in [0.1, 0.15) is 41.1 Å². The van der Waals surface area contributed by atoms with Crippen LogP contribution in [-0.4, -0.2) is 35.1 Å². The Kier molecular flexibility index (Phi) is 8.80. The van der Waals surface area contributed by atoms with Crippen molar-refractivity contribution in [2.45, 2.75) is 43.9 Å². The lowest BCUT2D eigenvalue weighted by Gasteiger charge is -2.41. The Bertz CT molecular complexity index is 1030. The number of halogens is 6. The quantitative estimate of drug-likeness (QED) is 0.291. The molecule has 0 bridgehead atoms. The summed E-state index contributed by atoms with van der Waals surface area (Å²) in [5, 5.41) is -0.123. The van der Waals surface area contributed by atoms with Crippen LogP contribution >= 0.6 is 12.2 Å². The predicted octanol–water partition coefficient (Wildman–Crippen LogP) is 4.31. The first-order chi connectivity index (χ1) is 16.8. The van der Waals surface area contributed by atoms with E-state index < -0.39 is 48.1 Å². The predicted molar refractivity (Wildman–Crippen MR) is 123 cm³/mol. The van der Waals surface area contributed by atoms with E-state index in [2.05, 4.69) is 23.1 Å². The summed E-state index contributed by atoms with van der Waals surface area (Å²) in [5.41, 5.74) is 7.77. The molecule has 1 aliphatic heterocycles. The van der Waals surface area contributed by atoms with Crippen molar-refractivity contribution in [3.8, 4) is 0 Å². The minimum Gasteiger partial charge on any atom is -0.375 e. The van der Waals surface area contributed by atoms with Crippen molar-refractivity contribution in [1.82, 2.24) is 15.8 Å². The maximum Gasteiger partial charge on any atom is 0.416 e. The number of hydrogen-bond donors (Lipinski definition) is 3. The summed E-state index contributed by atoms with van der Waals surface area (Å²) >= 11 is 4.66. The largest absolute Gasteiger partial charge is 0.416 e. The van der Waals surface area contributed by atoms with Gasteiger partial charge in [0.25, 0.3) is 5.91 Å². The standard InChI is InChI=1S/C23H24F6N4O2S/c24-22(25,26)16-9-14(10-17(11-16)23(27,28)29)13-35-18-7-4-8-33(12-19(34)31-32-21(30)36)20(18)15-5-2-1-3-6-15/h1-3,5-6,9-11,18,20H,4,7-8,12-13H2,(H,31,34)(H3,30,32,36)/t18-,20-/m0/s1. The maximum atomic E-state index is 13.2. The average Bonchev–Trinajstić information content (AvgIpc) is 2.81. The van der Waals surface area contributed by atoms with Crippen molar-refractivity contribution in [3.63, 3.8) is 0 Å². The molecule has 2 aromatic carbocycles. The monoisotopic (exact) mass is 534 g/mol. The van der Waals surface area contributed by atoms with Crippen molar-refractivity contribution in [1.29, 1.82) is 0 Å². The third kappa shape index (κ3) is 7.55. The molecular weight excluding hydrogens is 510 g/mol. The molecule has 1 fully saturated rings. The number of carbonyl (C=O) groups excluding carboxylic acids is 1. The number of piperidine rings is 1. The fourth-order valence-corrected chi connectivity index (χ4v) is 4.17. The number of nitrogens with one attached hydrogen (secondary N) is 2. The van der Waals surface area contributed by atoms with Gasteiger partial charge in [-0.25, -0.2) is 0 Å². The van der Waals surface area contributed by atoms with Gasteiger partial charge >= 0.3 is 12.4 Å². The summed E-state index contributed by atoms with van der Waals surface area (Å²) in [5.74, 6) is -0.433. The number of ether oxygens (including phenoxy) is 1. The van der Waals surface area contributed by atoms with Crippen LogP contribution in [0.15, 0.2) is 48.5 Å². The van der Waals surface area contributed by atoms with Crippen LogP contribution in [0.5, 0.6) is 0 Å². The van der Waals surface area contributed by atoms with E-state index >= 15 is 0 Å². The Morgan fingerprint density at radius 2 is 1.64 bits per heavy atom. The first-order valence-corrected chi connectivity index (χ1v) is 11.3. The van der Waals surface area contributed by atoms with E-state index in [0.29, 0.717) is 31.5 Å². The van der Waals surface area contributed by atoms with Crippen LogP contribution in [0.3, 0.4) is 0 Å². The molecule has 0 spiro atoms. The zero-order chi connectivity index (χ0) is 26.5. The van der Waals surface area contributed by atoms with Crippen LogP contribution in [0.25, 0.3) is 0 Å². The van der Waals surface area contributed by atoms with Gasteiger partial charge in [0.2, 0.25) is 0 Å². The second kappa shape index (κ2) is 11.4. The molecule has 2 aromatic rings. The molecule has 0 saturated carbocycles. The lowest BCUT2D eigenvalue weighted by atomic mass is 9.92. The topological polar surface area (TPSA) is 79.6 Å². The number of rotatable bonds is 6. The smallest absolute Gasteiger partial charge is 0.375 e. The molecule has 3 rings (SSSR count). The van der Waals surface area contributed by atoms with Gasteiger partial charge in [0.1, 0.15) is 0 Å². The van der Waals surface area contributed by atoms with Gasteiger partial charge in [-0.1, -0.05) is 30.3 Å². The number of hydrazine groups is 1. The molecule has 0 aliphatic carbocycles. The summed E-state index contributed by atoms with van der Waals surface area (Å²) in [6.07, 6.45) is -9.40. The highest BCUT2D eigenvalue weighted by Gasteiger charge is 2.38. The minimum atomic E-state index is -4.95. The number of likely N-dealkylation sites (tertiary alicyclic amines) is 1. The van der Waals surface area contributed by atoms with Gasteiger partial charge in [-0.15, -0.1) is 0 Å². The van der Waals surface area contributed by atoms with Crippen LogP contribution in [0, 0.1) is 0 Å². The minimum absolute atomic E-state index is 0.0726. The number of amides is 1. The first-order valence-electron chi connectivity index (χ1n) is 10.9. The molecule has 196 valence electrons. The molecule has 4 N–H and O–H groups in total. The second-order valence-electron chi connectivity index (χ2n) is 8.27. The molecule has 2 atom stereocenters. The molecule has 6 nitrogen and oxygen atoms in total. The van der Waals surface area contributed by atoms with Crippen LogP contribution in [0.4, 0.5) is 26.3 Å². The average molecular weight is 535 g/mol. The lowest BCUT2D eigenvalue weighted by Crippen LogP contribution is -2.51. The van der Waals surface area contributed by atoms with Gasteiger partial charge in [0.15, 0.2) is 5.11 Å². The highest BCUT2D eigenvalue weighted by atomic mass is 32.1. The zero-order valence-corrected chi connectivity index (χ0v) is 19.6. The van der Waals surface area contributed by atoms with Gasteiger partial charge < -0.3 is 10.5 Å². The van der Waals surface area contributed by atoms with E-state index in [1.165, 1.54) is 0 Å². The van der Waals surface area contributed by atoms with E-state index in [9.17, 15) is 31.1 Å². The number of nitrogens with zero attached hydrogens (tertiary/aromatic N) is 1. The van der Waals surface area contributed by atoms with Crippen LogP contribution in [-0.2, 0) is 28.5 Å². The van der Waals surface area contributed by atoms with E-state index in [0.717, 1.165) is 5.56 Å². The van der Waals surface area contributed by atoms with E-state index in [4.69, 9.17) is 10.5 Å². The van der Waals surface area contributed by atoms with Crippen molar-refractivity contribution in [2.24, 2.45) is 5.73 Å². The maximum absolute atomic E-state index is 13.2. The van der Waals surface area contributed by atoms with Gasteiger partial charge in [-0.05, 0) is 60.9 Å². The lowest BCUT2D eigenvalue weighted by molar-refractivity contribution is -0.143. The van der Waals surface area contributed by atoms with Gasteiger partial charge in [-0.2, -0.15) is 26.3 Å². The Labute approximate surface area is 208 Å². The van der Waals surface area contributed by atoms with E-state index in [1.807, 2.05) is 17.0 Å². The van der Waals surface area contributed by atoms with Crippen molar-refractivity contribution in [3.05, 3.63) is 70.8 Å². The first kappa shape index (κ1) is 27.7. The summed E-state index contributed by atoms with van der Waals surface area (Å²) in [6.45, 7) is -0.0253. The fraction of sp³-hybridized carbons (Fsp3) is 0.391. The molecule has 1 heterocycles. The molecule has 0 radical (unpaired) electrons. The summed E-state index contributed by atoms with van der Waals surface area (Å²) < 4.78 is 85.3. The Hall–Kier alpha value is -2.90. The molecule has 0 unspecified atom stereocenters. The molecular formula is C23H24F6N4O2S. The van der Waals surface area contributed by atoms with E-state index in [1.54, 1.807) is 18.2 Å². The van der Waals surface area contributed by atoms with E-state index in [-0.39, 0.29) is 23.3 Å². The molecule has 13 heteroatoms. The number of alkyl halides is 6. The molecule has 1 amide bonds. The Morgan fingerprint density at radius 1 is 1.03 bits per heavy atom. The third-order valence-corrected chi connectivity index (χ3v) is 5.71. The molecule has 1 saturated heterocycles. The number of benzene rings is 2. The van der Waals surface area contributed by atoms with Crippen LogP contribution in [0.2, 0.25) is 0 Å². The third-order valence-electron chi connectivity index (χ3n) is 5.60. The molecule has 0 aromatic heterocycles. The van der Waals surface area contributed by atoms with Crippen molar-refractivity contribution >= 4 is 23.2 Å². The number of hydrogen-bond acceptors (Lipinski definition) is 4. The fourth-order valence-electron chi connectivity index (χ4n) is 4.12. The van der Waals surface area contributed by atoms with Crippen molar-refractivity contribution in [2.75, 3.05) is 13.1 Å². The Morgan fingerprint density at radius 3 is 2.19 bits per heavy atom.